The van der Waals surface area contributed by atoms with Crippen LogP contribution in [0.5, 0.6) is 0 Å². The largest absolute Gasteiger partial charge is 0.0827 e. The maximum Gasteiger partial charge on any atom is 0.0595 e. The minimum Gasteiger partial charge on any atom is -0.0827 e. The summed E-state index contributed by atoms with van der Waals surface area (Å²) in [7, 11) is 0. The molecule has 0 unspecified atom stereocenters. The maximum atomic E-state index is 6.16. The van der Waals surface area contributed by atoms with Gasteiger partial charge in [0.1, 0.15) is 0 Å². The van der Waals surface area contributed by atoms with Gasteiger partial charge in [0.2, 0.25) is 0 Å². The van der Waals surface area contributed by atoms with Crippen molar-refractivity contribution in [1.82, 2.24) is 0 Å². The van der Waals surface area contributed by atoms with Crippen LogP contribution >= 0.6 is 23.2 Å². The molecule has 1 aliphatic rings. The van der Waals surface area contributed by atoms with E-state index in [-0.39, 0.29) is 0 Å². The fourth-order valence-corrected chi connectivity index (χ4v) is 3.02. The van der Waals surface area contributed by atoms with Crippen LogP contribution in [0.1, 0.15) is 51.0 Å². The van der Waals surface area contributed by atoms with Gasteiger partial charge in [0.25, 0.3) is 0 Å². The quantitative estimate of drug-likeness (QED) is 0.519. The molecule has 1 atom stereocenters. The van der Waals surface area contributed by atoms with Gasteiger partial charge in [0.05, 0.1) is 10.0 Å². The topological polar surface area (TPSA) is 0 Å². The molecule has 2 heteroatoms. The van der Waals surface area contributed by atoms with Crippen molar-refractivity contribution in [3.05, 3.63) is 69.3 Å². The highest BCUT2D eigenvalue weighted by Gasteiger charge is 2.14. The van der Waals surface area contributed by atoms with Crippen LogP contribution in [-0.2, 0) is 0 Å². The summed E-state index contributed by atoms with van der Waals surface area (Å²) < 4.78 is 0. The Hall–Kier alpha value is -0.980. The fourth-order valence-electron chi connectivity index (χ4n) is 2.71. The minimum absolute atomic E-state index is 0.367. The molecule has 0 radical (unpaired) electrons. The third-order valence-electron chi connectivity index (χ3n) is 3.99. The Labute approximate surface area is 138 Å². The van der Waals surface area contributed by atoms with Crippen LogP contribution in [-0.4, -0.2) is 0 Å². The predicted molar refractivity (Wildman–Crippen MR) is 94.3 cm³/mol. The van der Waals surface area contributed by atoms with Gasteiger partial charge in [-0.1, -0.05) is 85.0 Å². The third-order valence-corrected chi connectivity index (χ3v) is 4.73. The van der Waals surface area contributed by atoms with Crippen LogP contribution in [0.15, 0.2) is 53.6 Å². The van der Waals surface area contributed by atoms with Gasteiger partial charge >= 0.3 is 0 Å². The van der Waals surface area contributed by atoms with Crippen molar-refractivity contribution in [2.45, 2.75) is 45.4 Å². The van der Waals surface area contributed by atoms with Crippen molar-refractivity contribution in [1.29, 1.82) is 0 Å². The van der Waals surface area contributed by atoms with Crippen molar-refractivity contribution >= 4 is 23.2 Å². The summed E-state index contributed by atoms with van der Waals surface area (Å²) in [4.78, 5) is 0. The van der Waals surface area contributed by atoms with Crippen LogP contribution in [0.2, 0.25) is 10.0 Å². The van der Waals surface area contributed by atoms with E-state index in [1.165, 1.54) is 23.1 Å². The fraction of sp³-hybridized carbons (Fsp3) is 0.368. The Morgan fingerprint density at radius 1 is 1.19 bits per heavy atom. The zero-order valence-corrected chi connectivity index (χ0v) is 14.2. The van der Waals surface area contributed by atoms with Crippen LogP contribution in [0.4, 0.5) is 0 Å². The molecule has 0 heterocycles. The molecule has 1 aliphatic carbocycles. The molecular weight excluding hydrogens is 299 g/mol. The Morgan fingerprint density at radius 2 is 2.00 bits per heavy atom. The van der Waals surface area contributed by atoms with Crippen LogP contribution in [0.25, 0.3) is 0 Å². The third kappa shape index (κ3) is 4.49. The first kappa shape index (κ1) is 16.4. The molecule has 0 saturated heterocycles. The number of hydrogen-bond acceptors (Lipinski definition) is 0. The molecule has 1 aromatic rings. The van der Waals surface area contributed by atoms with E-state index in [1.807, 2.05) is 12.1 Å². The summed E-state index contributed by atoms with van der Waals surface area (Å²) in [6.45, 7) is 4.48. The van der Waals surface area contributed by atoms with Gasteiger partial charge in [-0.3, -0.25) is 0 Å². The smallest absolute Gasteiger partial charge is 0.0595 e. The first-order chi connectivity index (χ1) is 10.1. The first-order valence-electron chi connectivity index (χ1n) is 7.60. The zero-order chi connectivity index (χ0) is 15.2. The molecule has 0 saturated carbocycles. The Morgan fingerprint density at radius 3 is 2.71 bits per heavy atom. The van der Waals surface area contributed by atoms with Crippen molar-refractivity contribution in [3.63, 3.8) is 0 Å². The van der Waals surface area contributed by atoms with E-state index in [0.717, 1.165) is 19.3 Å². The molecule has 0 aliphatic heterocycles. The summed E-state index contributed by atoms with van der Waals surface area (Å²) in [5, 5.41) is 1.26. The monoisotopic (exact) mass is 320 g/mol. The number of benzene rings is 1. The van der Waals surface area contributed by atoms with E-state index < -0.39 is 0 Å². The molecule has 0 nitrogen and oxygen atoms in total. The van der Waals surface area contributed by atoms with Gasteiger partial charge in [-0.05, 0) is 37.0 Å². The van der Waals surface area contributed by atoms with E-state index in [9.17, 15) is 0 Å². The van der Waals surface area contributed by atoms with Gasteiger partial charge in [-0.15, -0.1) is 0 Å². The van der Waals surface area contributed by atoms with Crippen molar-refractivity contribution in [2.24, 2.45) is 0 Å². The second-order valence-electron chi connectivity index (χ2n) is 5.59. The highest BCUT2D eigenvalue weighted by atomic mass is 35.5. The molecule has 0 aromatic heterocycles. The summed E-state index contributed by atoms with van der Waals surface area (Å²) in [6, 6.07) is 5.96. The molecular formula is C19H22Cl2. The van der Waals surface area contributed by atoms with Crippen LogP contribution < -0.4 is 0 Å². The number of rotatable bonds is 4. The number of halogens is 2. The van der Waals surface area contributed by atoms with Crippen molar-refractivity contribution < 1.29 is 0 Å². The minimum atomic E-state index is 0.367. The van der Waals surface area contributed by atoms with Crippen LogP contribution in [0.3, 0.4) is 0 Å². The summed E-state index contributed by atoms with van der Waals surface area (Å²) in [5.74, 6) is 0.367. The molecule has 0 bridgehead atoms. The second-order valence-corrected chi connectivity index (χ2v) is 6.40. The molecule has 0 amide bonds. The van der Waals surface area contributed by atoms with Gasteiger partial charge in [-0.2, -0.15) is 0 Å². The summed E-state index contributed by atoms with van der Waals surface area (Å²) in [6.07, 6.45) is 13.4. The van der Waals surface area contributed by atoms with E-state index in [2.05, 4.69) is 44.2 Å². The highest BCUT2D eigenvalue weighted by Crippen LogP contribution is 2.34. The molecule has 21 heavy (non-hydrogen) atoms. The standard InChI is InChI=1S/C19H22Cl2/c1-3-7-15-8-5-4-6-9-16(12-15)14(2)17-10-11-18(20)19(21)13-17/h4-5,8-11,13-14H,3,6-7,12H2,1-2H3/b5-4?,15-8-,16-9+/t14-/m1/s1. The molecule has 2 rings (SSSR count). The Balaban J connectivity index is 2.24. The van der Waals surface area contributed by atoms with Gasteiger partial charge in [0, 0.05) is 5.92 Å². The van der Waals surface area contributed by atoms with E-state index in [0.29, 0.717) is 16.0 Å². The lowest BCUT2D eigenvalue weighted by atomic mass is 9.86. The summed E-state index contributed by atoms with van der Waals surface area (Å²) >= 11 is 12.2. The lowest BCUT2D eigenvalue weighted by Crippen LogP contribution is -2.01. The zero-order valence-electron chi connectivity index (χ0n) is 12.7. The molecule has 0 N–H and O–H groups in total. The normalized spacial score (nSPS) is 21.7. The molecule has 0 fully saturated rings. The average molecular weight is 321 g/mol. The Kier molecular flexibility index (Phi) is 6.14. The lowest BCUT2D eigenvalue weighted by molar-refractivity contribution is 0.796. The maximum absolute atomic E-state index is 6.16. The lowest BCUT2D eigenvalue weighted by Gasteiger charge is -2.20. The first-order valence-corrected chi connectivity index (χ1v) is 8.35. The molecule has 112 valence electrons. The number of hydrogen-bond donors (Lipinski definition) is 0. The van der Waals surface area contributed by atoms with Crippen molar-refractivity contribution in [2.75, 3.05) is 0 Å². The molecule has 0 spiro atoms. The van der Waals surface area contributed by atoms with E-state index in [1.54, 1.807) is 0 Å². The van der Waals surface area contributed by atoms with Gasteiger partial charge in [0.15, 0.2) is 0 Å². The SMILES string of the molecule is CCC/C1=C/C=CC/C=C(/[C@@H](C)c2ccc(Cl)c(Cl)c2)C1. The Bertz CT molecular complexity index is 579. The average Bonchev–Trinajstić information content (AvgIpc) is 2.44. The van der Waals surface area contributed by atoms with E-state index in [4.69, 9.17) is 23.2 Å². The van der Waals surface area contributed by atoms with Crippen LogP contribution in [0, 0.1) is 0 Å². The van der Waals surface area contributed by atoms with E-state index >= 15 is 0 Å². The predicted octanol–water partition coefficient (Wildman–Crippen LogP) is 7.10. The van der Waals surface area contributed by atoms with Gasteiger partial charge < -0.3 is 0 Å². The highest BCUT2D eigenvalue weighted by molar-refractivity contribution is 6.42. The number of allylic oxidation sites excluding steroid dienone is 6. The van der Waals surface area contributed by atoms with Crippen molar-refractivity contribution in [3.8, 4) is 0 Å². The van der Waals surface area contributed by atoms with Gasteiger partial charge in [-0.25, -0.2) is 0 Å². The molecule has 1 aromatic carbocycles. The summed E-state index contributed by atoms with van der Waals surface area (Å²) in [5.41, 5.74) is 4.21. The second kappa shape index (κ2) is 7.87.